The van der Waals surface area contributed by atoms with E-state index in [1.54, 1.807) is 0 Å². The average molecular weight is 240 g/mol. The van der Waals surface area contributed by atoms with Gasteiger partial charge in [0.25, 0.3) is 0 Å². The fourth-order valence-corrected chi connectivity index (χ4v) is 1.87. The molecule has 0 aliphatic carbocycles. The first-order chi connectivity index (χ1) is 8.16. The van der Waals surface area contributed by atoms with Gasteiger partial charge in [0.15, 0.2) is 0 Å². The summed E-state index contributed by atoms with van der Waals surface area (Å²) in [6, 6.07) is 0.631. The van der Waals surface area contributed by atoms with Crippen molar-refractivity contribution in [3.8, 4) is 0 Å². The lowest BCUT2D eigenvalue weighted by molar-refractivity contribution is 0.320. The van der Waals surface area contributed by atoms with Crippen molar-refractivity contribution in [2.75, 3.05) is 26.7 Å². The van der Waals surface area contributed by atoms with Crippen LogP contribution in [0.2, 0.25) is 0 Å². The van der Waals surface area contributed by atoms with E-state index in [0.29, 0.717) is 6.04 Å². The van der Waals surface area contributed by atoms with Gasteiger partial charge in [0.05, 0.1) is 0 Å². The summed E-state index contributed by atoms with van der Waals surface area (Å²) >= 11 is 0. The zero-order valence-electron chi connectivity index (χ0n) is 12.2. The van der Waals surface area contributed by atoms with Gasteiger partial charge in [0.1, 0.15) is 0 Å². The van der Waals surface area contributed by atoms with Crippen molar-refractivity contribution >= 4 is 0 Å². The number of nitrogens with zero attached hydrogens (tertiary/aromatic N) is 1. The van der Waals surface area contributed by atoms with Crippen molar-refractivity contribution in [2.45, 2.75) is 58.4 Å². The fraction of sp³-hybridized carbons (Fsp3) is 0.867. The number of rotatable bonds is 12. The highest BCUT2D eigenvalue weighted by atomic mass is 15.1. The molecule has 0 saturated heterocycles. The van der Waals surface area contributed by atoms with Crippen molar-refractivity contribution in [3.05, 3.63) is 12.7 Å². The molecule has 0 heterocycles. The van der Waals surface area contributed by atoms with Crippen LogP contribution in [0, 0.1) is 0 Å². The van der Waals surface area contributed by atoms with Crippen LogP contribution >= 0.6 is 0 Å². The normalized spacial score (nSPS) is 11.4. The van der Waals surface area contributed by atoms with Gasteiger partial charge in [-0.15, -0.1) is 6.58 Å². The lowest BCUT2D eigenvalue weighted by Gasteiger charge is -2.15. The minimum atomic E-state index is 0.631. The van der Waals surface area contributed by atoms with E-state index in [4.69, 9.17) is 0 Å². The highest BCUT2D eigenvalue weighted by Crippen LogP contribution is 2.02. The molecule has 0 aromatic rings. The molecule has 0 bridgehead atoms. The Bertz CT molecular complexity index is 166. The van der Waals surface area contributed by atoms with Crippen LogP contribution in [0.15, 0.2) is 12.7 Å². The van der Waals surface area contributed by atoms with E-state index in [9.17, 15) is 0 Å². The van der Waals surface area contributed by atoms with E-state index in [0.717, 1.165) is 6.42 Å². The molecule has 0 aliphatic rings. The molecule has 0 aliphatic heterocycles. The van der Waals surface area contributed by atoms with E-state index in [1.165, 1.54) is 51.7 Å². The first kappa shape index (κ1) is 16.7. The third-order valence-corrected chi connectivity index (χ3v) is 2.97. The smallest absolute Gasteiger partial charge is 0.00103 e. The summed E-state index contributed by atoms with van der Waals surface area (Å²) in [6.45, 7) is 11.8. The summed E-state index contributed by atoms with van der Waals surface area (Å²) in [7, 11) is 2.23. The Morgan fingerprint density at radius 1 is 1.06 bits per heavy atom. The van der Waals surface area contributed by atoms with Gasteiger partial charge in [-0.3, -0.25) is 0 Å². The van der Waals surface area contributed by atoms with E-state index in [-0.39, 0.29) is 0 Å². The Morgan fingerprint density at radius 3 is 2.35 bits per heavy atom. The van der Waals surface area contributed by atoms with Crippen LogP contribution in [0.4, 0.5) is 0 Å². The Morgan fingerprint density at radius 2 is 1.71 bits per heavy atom. The van der Waals surface area contributed by atoms with Crippen molar-refractivity contribution in [1.29, 1.82) is 0 Å². The van der Waals surface area contributed by atoms with E-state index in [2.05, 4.69) is 37.7 Å². The molecule has 102 valence electrons. The van der Waals surface area contributed by atoms with Gasteiger partial charge in [0, 0.05) is 6.04 Å². The van der Waals surface area contributed by atoms with Crippen molar-refractivity contribution < 1.29 is 0 Å². The van der Waals surface area contributed by atoms with E-state index < -0.39 is 0 Å². The van der Waals surface area contributed by atoms with Crippen molar-refractivity contribution in [2.24, 2.45) is 0 Å². The molecule has 0 atom stereocenters. The number of nitrogens with one attached hydrogen (secondary N) is 1. The van der Waals surface area contributed by atoms with E-state index in [1.807, 2.05) is 6.08 Å². The molecule has 0 aromatic heterocycles. The minimum absolute atomic E-state index is 0.631. The van der Waals surface area contributed by atoms with Crippen molar-refractivity contribution in [1.82, 2.24) is 10.2 Å². The maximum atomic E-state index is 3.75. The molecule has 0 saturated carbocycles. The molecular formula is C15H32N2. The molecule has 1 N–H and O–H groups in total. The molecule has 17 heavy (non-hydrogen) atoms. The van der Waals surface area contributed by atoms with Gasteiger partial charge < -0.3 is 10.2 Å². The maximum absolute atomic E-state index is 3.75. The lowest BCUT2D eigenvalue weighted by atomic mass is 10.2. The molecule has 0 amide bonds. The third kappa shape index (κ3) is 13.6. The summed E-state index contributed by atoms with van der Waals surface area (Å²) in [5.74, 6) is 0. The summed E-state index contributed by atoms with van der Waals surface area (Å²) < 4.78 is 0. The average Bonchev–Trinajstić information content (AvgIpc) is 2.28. The summed E-state index contributed by atoms with van der Waals surface area (Å²) in [5.41, 5.74) is 0. The predicted octanol–water partition coefficient (Wildman–Crippen LogP) is 3.44. The number of unbranched alkanes of at least 4 members (excludes halogenated alkanes) is 4. The third-order valence-electron chi connectivity index (χ3n) is 2.97. The Labute approximate surface area is 108 Å². The Kier molecular flexibility index (Phi) is 11.9. The molecule has 2 heteroatoms. The molecule has 0 spiro atoms. The Hall–Kier alpha value is -0.340. The Balaban J connectivity index is 3.13. The first-order valence-electron chi connectivity index (χ1n) is 7.19. The molecule has 0 rings (SSSR count). The van der Waals surface area contributed by atoms with Gasteiger partial charge in [0.2, 0.25) is 0 Å². The summed E-state index contributed by atoms with van der Waals surface area (Å²) in [5, 5.41) is 3.46. The van der Waals surface area contributed by atoms with Crippen molar-refractivity contribution in [3.63, 3.8) is 0 Å². The van der Waals surface area contributed by atoms with Crippen LogP contribution in [-0.2, 0) is 0 Å². The number of hydrogen-bond acceptors (Lipinski definition) is 2. The molecular weight excluding hydrogens is 208 g/mol. The van der Waals surface area contributed by atoms with Gasteiger partial charge in [-0.1, -0.05) is 32.8 Å². The van der Waals surface area contributed by atoms with Gasteiger partial charge in [-0.25, -0.2) is 0 Å². The SMILES string of the molecule is C=CCCCN(C)CCCCCCNC(C)C. The largest absolute Gasteiger partial charge is 0.315 e. The number of allylic oxidation sites excluding steroid dienone is 1. The van der Waals surface area contributed by atoms with E-state index >= 15 is 0 Å². The number of hydrogen-bond donors (Lipinski definition) is 1. The van der Waals surface area contributed by atoms with Gasteiger partial charge >= 0.3 is 0 Å². The van der Waals surface area contributed by atoms with Crippen LogP contribution in [0.3, 0.4) is 0 Å². The first-order valence-corrected chi connectivity index (χ1v) is 7.19. The zero-order valence-corrected chi connectivity index (χ0v) is 12.2. The topological polar surface area (TPSA) is 15.3 Å². The van der Waals surface area contributed by atoms with Gasteiger partial charge in [-0.05, 0) is 52.4 Å². The zero-order chi connectivity index (χ0) is 12.9. The fourth-order valence-electron chi connectivity index (χ4n) is 1.87. The van der Waals surface area contributed by atoms with Gasteiger partial charge in [-0.2, -0.15) is 0 Å². The molecule has 0 unspecified atom stereocenters. The quantitative estimate of drug-likeness (QED) is 0.415. The van der Waals surface area contributed by atoms with Crippen LogP contribution in [-0.4, -0.2) is 37.6 Å². The second-order valence-electron chi connectivity index (χ2n) is 5.26. The molecule has 0 aromatic carbocycles. The highest BCUT2D eigenvalue weighted by molar-refractivity contribution is 4.66. The predicted molar refractivity (Wildman–Crippen MR) is 78.5 cm³/mol. The second-order valence-corrected chi connectivity index (χ2v) is 5.26. The molecule has 0 radical (unpaired) electrons. The van der Waals surface area contributed by atoms with Crippen LogP contribution in [0.5, 0.6) is 0 Å². The monoisotopic (exact) mass is 240 g/mol. The summed E-state index contributed by atoms with van der Waals surface area (Å²) in [6.07, 6.45) is 9.79. The van der Waals surface area contributed by atoms with Crippen LogP contribution < -0.4 is 5.32 Å². The maximum Gasteiger partial charge on any atom is 0.00103 e. The summed E-state index contributed by atoms with van der Waals surface area (Å²) in [4.78, 5) is 2.44. The van der Waals surface area contributed by atoms with Crippen LogP contribution in [0.1, 0.15) is 52.4 Å². The molecule has 0 fully saturated rings. The molecule has 2 nitrogen and oxygen atoms in total. The van der Waals surface area contributed by atoms with Crippen LogP contribution in [0.25, 0.3) is 0 Å². The second kappa shape index (κ2) is 12.1. The minimum Gasteiger partial charge on any atom is -0.315 e. The highest BCUT2D eigenvalue weighted by Gasteiger charge is 1.97. The standard InChI is InChI=1S/C15H32N2/c1-5-6-10-13-17(4)14-11-8-7-9-12-16-15(2)3/h5,15-16H,1,6-14H2,2-4H3. The lowest BCUT2D eigenvalue weighted by Crippen LogP contribution is -2.23.